The molecule has 5 heteroatoms. The Morgan fingerprint density at radius 2 is 2.64 bits per heavy atom. The topological polar surface area (TPSA) is 34.2 Å². The van der Waals surface area contributed by atoms with Crippen molar-refractivity contribution in [3.63, 3.8) is 0 Å². The van der Waals surface area contributed by atoms with E-state index in [1.54, 1.807) is 6.20 Å². The molecule has 0 bridgehead atoms. The van der Waals surface area contributed by atoms with Gasteiger partial charge >= 0.3 is 0 Å². The Labute approximate surface area is 92.4 Å². The van der Waals surface area contributed by atoms with Gasteiger partial charge in [-0.1, -0.05) is 11.6 Å². The number of nitrogens with one attached hydrogen (secondary N) is 1. The third kappa shape index (κ3) is 2.92. The lowest BCUT2D eigenvalue weighted by atomic mass is 10.1. The smallest absolute Gasteiger partial charge is 0.113 e. The molecular weight excluding hydrogens is 220 g/mol. The highest BCUT2D eigenvalue weighted by Gasteiger charge is 2.13. The number of halogens is 1. The predicted molar refractivity (Wildman–Crippen MR) is 57.8 cm³/mol. The van der Waals surface area contributed by atoms with E-state index in [-0.39, 0.29) is 0 Å². The van der Waals surface area contributed by atoms with Gasteiger partial charge in [-0.25, -0.2) is 4.98 Å². The SMILES string of the molecule is Clc1cnc(CNC2CCCOC2)s1. The van der Waals surface area contributed by atoms with Crippen LogP contribution < -0.4 is 5.32 Å². The Bertz CT molecular complexity index is 286. The molecule has 1 aliphatic heterocycles. The van der Waals surface area contributed by atoms with E-state index < -0.39 is 0 Å². The number of ether oxygens (including phenoxy) is 1. The van der Waals surface area contributed by atoms with E-state index in [9.17, 15) is 0 Å². The lowest BCUT2D eigenvalue weighted by molar-refractivity contribution is 0.0699. The van der Waals surface area contributed by atoms with Crippen molar-refractivity contribution < 1.29 is 4.74 Å². The molecule has 1 aromatic heterocycles. The van der Waals surface area contributed by atoms with Crippen molar-refractivity contribution in [2.45, 2.75) is 25.4 Å². The van der Waals surface area contributed by atoms with E-state index in [1.165, 1.54) is 17.8 Å². The second-order valence-corrected chi connectivity index (χ2v) is 5.10. The summed E-state index contributed by atoms with van der Waals surface area (Å²) in [4.78, 5) is 4.18. The summed E-state index contributed by atoms with van der Waals surface area (Å²) in [6.07, 6.45) is 4.04. The Morgan fingerprint density at radius 1 is 1.71 bits per heavy atom. The lowest BCUT2D eigenvalue weighted by Gasteiger charge is -2.22. The Kier molecular flexibility index (Phi) is 3.75. The molecule has 1 N–H and O–H groups in total. The van der Waals surface area contributed by atoms with Gasteiger partial charge in [-0.05, 0) is 12.8 Å². The van der Waals surface area contributed by atoms with Crippen LogP contribution in [0.5, 0.6) is 0 Å². The maximum absolute atomic E-state index is 5.79. The van der Waals surface area contributed by atoms with Gasteiger partial charge in [-0.15, -0.1) is 11.3 Å². The molecule has 3 nitrogen and oxygen atoms in total. The number of nitrogens with zero attached hydrogens (tertiary/aromatic N) is 1. The van der Waals surface area contributed by atoms with Gasteiger partial charge in [0.25, 0.3) is 0 Å². The molecule has 0 spiro atoms. The highest BCUT2D eigenvalue weighted by Crippen LogP contribution is 2.18. The highest BCUT2D eigenvalue weighted by molar-refractivity contribution is 7.15. The first-order valence-corrected chi connectivity index (χ1v) is 5.95. The average Bonchev–Trinajstić information content (AvgIpc) is 2.63. The van der Waals surface area contributed by atoms with Crippen LogP contribution in [-0.2, 0) is 11.3 Å². The van der Waals surface area contributed by atoms with E-state index in [2.05, 4.69) is 10.3 Å². The fourth-order valence-corrected chi connectivity index (χ4v) is 2.41. The van der Waals surface area contributed by atoms with E-state index in [0.29, 0.717) is 6.04 Å². The van der Waals surface area contributed by atoms with Crippen LogP contribution >= 0.6 is 22.9 Å². The third-order valence-electron chi connectivity index (χ3n) is 2.23. The summed E-state index contributed by atoms with van der Waals surface area (Å²) in [7, 11) is 0. The standard InChI is InChI=1S/C9H13ClN2OS/c10-8-4-12-9(14-8)5-11-7-2-1-3-13-6-7/h4,7,11H,1-3,5-6H2. The monoisotopic (exact) mass is 232 g/mol. The van der Waals surface area contributed by atoms with Crippen molar-refractivity contribution in [2.75, 3.05) is 13.2 Å². The summed E-state index contributed by atoms with van der Waals surface area (Å²) in [5.74, 6) is 0. The van der Waals surface area contributed by atoms with Gasteiger partial charge in [0, 0.05) is 19.2 Å². The average molecular weight is 233 g/mol. The highest BCUT2D eigenvalue weighted by atomic mass is 35.5. The number of thiazole rings is 1. The maximum Gasteiger partial charge on any atom is 0.113 e. The largest absolute Gasteiger partial charge is 0.380 e. The number of hydrogen-bond donors (Lipinski definition) is 1. The number of rotatable bonds is 3. The van der Waals surface area contributed by atoms with Crippen LogP contribution in [0.4, 0.5) is 0 Å². The van der Waals surface area contributed by atoms with Crippen molar-refractivity contribution in [1.29, 1.82) is 0 Å². The van der Waals surface area contributed by atoms with E-state index in [0.717, 1.165) is 35.5 Å². The van der Waals surface area contributed by atoms with Crippen LogP contribution in [0.3, 0.4) is 0 Å². The van der Waals surface area contributed by atoms with Gasteiger partial charge in [0.15, 0.2) is 0 Å². The molecule has 1 atom stereocenters. The second-order valence-electron chi connectivity index (χ2n) is 3.35. The first-order valence-electron chi connectivity index (χ1n) is 4.76. The summed E-state index contributed by atoms with van der Waals surface area (Å²) in [6, 6.07) is 0.478. The van der Waals surface area contributed by atoms with Crippen LogP contribution in [0, 0.1) is 0 Å². The molecule has 0 aromatic carbocycles. The Morgan fingerprint density at radius 3 is 3.29 bits per heavy atom. The van der Waals surface area contributed by atoms with Gasteiger partial charge in [0.2, 0.25) is 0 Å². The van der Waals surface area contributed by atoms with Crippen molar-refractivity contribution >= 4 is 22.9 Å². The summed E-state index contributed by atoms with van der Waals surface area (Å²) in [5, 5.41) is 4.46. The summed E-state index contributed by atoms with van der Waals surface area (Å²) in [6.45, 7) is 2.52. The Balaban J connectivity index is 1.76. The molecule has 0 saturated carbocycles. The van der Waals surface area contributed by atoms with Gasteiger partial charge in [-0.3, -0.25) is 0 Å². The third-order valence-corrected chi connectivity index (χ3v) is 3.34. The molecule has 2 rings (SSSR count). The number of aromatic nitrogens is 1. The van der Waals surface area contributed by atoms with E-state index in [1.807, 2.05) is 0 Å². The first kappa shape index (κ1) is 10.4. The van der Waals surface area contributed by atoms with Crippen LogP contribution in [-0.4, -0.2) is 24.2 Å². The van der Waals surface area contributed by atoms with Gasteiger partial charge < -0.3 is 10.1 Å². The molecule has 0 radical (unpaired) electrons. The van der Waals surface area contributed by atoms with Crippen molar-refractivity contribution in [2.24, 2.45) is 0 Å². The molecular formula is C9H13ClN2OS. The number of hydrogen-bond acceptors (Lipinski definition) is 4. The maximum atomic E-state index is 5.79. The first-order chi connectivity index (χ1) is 6.84. The van der Waals surface area contributed by atoms with Gasteiger partial charge in [-0.2, -0.15) is 0 Å². The van der Waals surface area contributed by atoms with Crippen molar-refractivity contribution in [3.05, 3.63) is 15.5 Å². The van der Waals surface area contributed by atoms with Gasteiger partial charge in [0.1, 0.15) is 9.34 Å². The van der Waals surface area contributed by atoms with Crippen LogP contribution in [0.1, 0.15) is 17.8 Å². The Hall–Kier alpha value is -0.160. The normalized spacial score (nSPS) is 22.5. The lowest BCUT2D eigenvalue weighted by Crippen LogP contribution is -2.36. The van der Waals surface area contributed by atoms with Crippen molar-refractivity contribution in [1.82, 2.24) is 10.3 Å². The molecule has 14 heavy (non-hydrogen) atoms. The summed E-state index contributed by atoms with van der Waals surface area (Å²) >= 11 is 7.31. The summed E-state index contributed by atoms with van der Waals surface area (Å²) in [5.41, 5.74) is 0. The van der Waals surface area contributed by atoms with Crippen LogP contribution in [0.2, 0.25) is 4.34 Å². The quantitative estimate of drug-likeness (QED) is 0.867. The minimum Gasteiger partial charge on any atom is -0.380 e. The molecule has 1 aliphatic rings. The molecule has 1 unspecified atom stereocenters. The zero-order chi connectivity index (χ0) is 9.80. The van der Waals surface area contributed by atoms with Gasteiger partial charge in [0.05, 0.1) is 12.8 Å². The zero-order valence-corrected chi connectivity index (χ0v) is 9.40. The molecule has 0 aliphatic carbocycles. The zero-order valence-electron chi connectivity index (χ0n) is 7.83. The molecule has 1 aromatic rings. The van der Waals surface area contributed by atoms with Crippen LogP contribution in [0.15, 0.2) is 6.20 Å². The molecule has 1 saturated heterocycles. The molecule has 78 valence electrons. The molecule has 0 amide bonds. The minimum absolute atomic E-state index is 0.478. The fourth-order valence-electron chi connectivity index (χ4n) is 1.50. The van der Waals surface area contributed by atoms with Crippen molar-refractivity contribution in [3.8, 4) is 0 Å². The van der Waals surface area contributed by atoms with E-state index >= 15 is 0 Å². The fraction of sp³-hybridized carbons (Fsp3) is 0.667. The van der Waals surface area contributed by atoms with E-state index in [4.69, 9.17) is 16.3 Å². The molecule has 2 heterocycles. The predicted octanol–water partition coefficient (Wildman–Crippen LogP) is 2.07. The summed E-state index contributed by atoms with van der Waals surface area (Å²) < 4.78 is 6.12. The minimum atomic E-state index is 0.478. The molecule has 1 fully saturated rings. The second kappa shape index (κ2) is 5.07. The van der Waals surface area contributed by atoms with Crippen LogP contribution in [0.25, 0.3) is 0 Å².